The average molecular weight is 263 g/mol. The van der Waals surface area contributed by atoms with E-state index in [4.69, 9.17) is 5.11 Å². The summed E-state index contributed by atoms with van der Waals surface area (Å²) in [7, 11) is -3.61. The molecule has 2 aromatic carbocycles. The first kappa shape index (κ1) is 12.4. The molecule has 0 aliphatic rings. The van der Waals surface area contributed by atoms with Crippen LogP contribution in [-0.2, 0) is 10.0 Å². The molecule has 94 valence electrons. The second kappa shape index (κ2) is 4.70. The molecule has 0 aromatic heterocycles. The first-order valence-electron chi connectivity index (χ1n) is 5.36. The van der Waals surface area contributed by atoms with Crippen molar-refractivity contribution in [3.8, 4) is 5.75 Å². The maximum Gasteiger partial charge on any atom is 0.261 e. The monoisotopic (exact) mass is 263 g/mol. The smallest absolute Gasteiger partial charge is 0.261 e. The summed E-state index contributed by atoms with van der Waals surface area (Å²) in [4.78, 5) is 0.114. The molecule has 0 saturated carbocycles. The molecule has 0 bridgehead atoms. The number of rotatable bonds is 3. The fourth-order valence-electron chi connectivity index (χ4n) is 1.52. The van der Waals surface area contributed by atoms with E-state index < -0.39 is 10.0 Å². The molecule has 0 saturated heterocycles. The largest absolute Gasteiger partial charge is 0.508 e. The summed E-state index contributed by atoms with van der Waals surface area (Å²) in [6, 6.07) is 12.5. The third kappa shape index (κ3) is 2.62. The van der Waals surface area contributed by atoms with Crippen LogP contribution in [0.25, 0.3) is 0 Å². The lowest BCUT2D eigenvalue weighted by atomic mass is 10.2. The lowest BCUT2D eigenvalue weighted by Gasteiger charge is -2.10. The second-order valence-electron chi connectivity index (χ2n) is 3.91. The van der Waals surface area contributed by atoms with Crippen molar-refractivity contribution < 1.29 is 13.5 Å². The van der Waals surface area contributed by atoms with Crippen molar-refractivity contribution in [1.29, 1.82) is 0 Å². The molecule has 5 heteroatoms. The predicted octanol–water partition coefficient (Wildman–Crippen LogP) is 2.50. The van der Waals surface area contributed by atoms with Crippen LogP contribution in [0.15, 0.2) is 53.4 Å². The molecule has 2 rings (SSSR count). The normalized spacial score (nSPS) is 11.2. The van der Waals surface area contributed by atoms with E-state index in [1.165, 1.54) is 24.3 Å². The quantitative estimate of drug-likeness (QED) is 0.894. The fraction of sp³-hybridized carbons (Fsp3) is 0.0769. The number of benzene rings is 2. The summed E-state index contributed by atoms with van der Waals surface area (Å²) in [5.74, 6) is 0.0323. The van der Waals surface area contributed by atoms with E-state index >= 15 is 0 Å². The van der Waals surface area contributed by atoms with Crippen LogP contribution in [0, 0.1) is 6.92 Å². The highest BCUT2D eigenvalue weighted by molar-refractivity contribution is 7.92. The Labute approximate surface area is 106 Å². The number of hydrogen-bond donors (Lipinski definition) is 2. The molecule has 0 aliphatic heterocycles. The zero-order valence-corrected chi connectivity index (χ0v) is 10.6. The van der Waals surface area contributed by atoms with Crippen molar-refractivity contribution >= 4 is 15.7 Å². The van der Waals surface area contributed by atoms with Gasteiger partial charge < -0.3 is 5.11 Å². The van der Waals surface area contributed by atoms with Crippen LogP contribution in [0.1, 0.15) is 5.56 Å². The molecule has 0 atom stereocenters. The van der Waals surface area contributed by atoms with E-state index in [0.29, 0.717) is 5.69 Å². The summed E-state index contributed by atoms with van der Waals surface area (Å²) in [6.45, 7) is 1.83. The summed E-state index contributed by atoms with van der Waals surface area (Å²) in [5.41, 5.74) is 1.39. The summed E-state index contributed by atoms with van der Waals surface area (Å²) >= 11 is 0. The highest BCUT2D eigenvalue weighted by Crippen LogP contribution is 2.20. The predicted molar refractivity (Wildman–Crippen MR) is 70.1 cm³/mol. The first-order valence-corrected chi connectivity index (χ1v) is 6.85. The Morgan fingerprint density at radius 1 is 1.00 bits per heavy atom. The molecule has 4 nitrogen and oxygen atoms in total. The number of nitrogens with one attached hydrogen (secondary N) is 1. The van der Waals surface area contributed by atoms with E-state index in [2.05, 4.69) is 4.72 Å². The molecule has 0 spiro atoms. The zero-order valence-electron chi connectivity index (χ0n) is 9.79. The Kier molecular flexibility index (Phi) is 3.25. The summed E-state index contributed by atoms with van der Waals surface area (Å²) in [6.07, 6.45) is 0. The summed E-state index contributed by atoms with van der Waals surface area (Å²) in [5, 5.41) is 9.14. The van der Waals surface area contributed by atoms with E-state index in [-0.39, 0.29) is 10.6 Å². The average Bonchev–Trinajstić information content (AvgIpc) is 2.32. The van der Waals surface area contributed by atoms with E-state index in [1.54, 1.807) is 12.1 Å². The fourth-order valence-corrected chi connectivity index (χ4v) is 2.65. The van der Waals surface area contributed by atoms with Gasteiger partial charge in [-0.25, -0.2) is 8.42 Å². The van der Waals surface area contributed by atoms with Crippen molar-refractivity contribution in [3.05, 3.63) is 54.1 Å². The van der Waals surface area contributed by atoms with Crippen molar-refractivity contribution in [1.82, 2.24) is 0 Å². The topological polar surface area (TPSA) is 66.4 Å². The minimum absolute atomic E-state index is 0.0323. The van der Waals surface area contributed by atoms with Crippen molar-refractivity contribution in [2.75, 3.05) is 4.72 Å². The van der Waals surface area contributed by atoms with Crippen LogP contribution in [-0.4, -0.2) is 13.5 Å². The van der Waals surface area contributed by atoms with Gasteiger partial charge in [0.05, 0.1) is 10.6 Å². The van der Waals surface area contributed by atoms with E-state index in [0.717, 1.165) is 5.56 Å². The van der Waals surface area contributed by atoms with Crippen molar-refractivity contribution in [3.63, 3.8) is 0 Å². The van der Waals surface area contributed by atoms with Crippen LogP contribution in [0.3, 0.4) is 0 Å². The molecule has 2 aromatic rings. The Morgan fingerprint density at radius 3 is 2.22 bits per heavy atom. The first-order chi connectivity index (χ1) is 8.49. The molecular formula is C13H13NO3S. The highest BCUT2D eigenvalue weighted by Gasteiger charge is 2.14. The molecular weight excluding hydrogens is 250 g/mol. The Morgan fingerprint density at radius 2 is 1.61 bits per heavy atom. The third-order valence-electron chi connectivity index (χ3n) is 2.54. The number of phenolic OH excluding ortho intramolecular Hbond substituents is 1. The molecule has 0 fully saturated rings. The van der Waals surface area contributed by atoms with Gasteiger partial charge in [-0.15, -0.1) is 0 Å². The van der Waals surface area contributed by atoms with Gasteiger partial charge in [0.15, 0.2) is 0 Å². The molecule has 2 N–H and O–H groups in total. The third-order valence-corrected chi connectivity index (χ3v) is 3.92. The molecule has 18 heavy (non-hydrogen) atoms. The Balaban J connectivity index is 2.33. The molecule has 0 amide bonds. The maximum absolute atomic E-state index is 12.1. The minimum Gasteiger partial charge on any atom is -0.508 e. The van der Waals surface area contributed by atoms with Crippen molar-refractivity contribution in [2.24, 2.45) is 0 Å². The van der Waals surface area contributed by atoms with Gasteiger partial charge in [0.1, 0.15) is 5.75 Å². The van der Waals surface area contributed by atoms with Crippen LogP contribution in [0.4, 0.5) is 5.69 Å². The van der Waals surface area contributed by atoms with Crippen LogP contribution in [0.2, 0.25) is 0 Å². The van der Waals surface area contributed by atoms with E-state index in [1.807, 2.05) is 19.1 Å². The number of aryl methyl sites for hydroxylation is 1. The van der Waals surface area contributed by atoms with Gasteiger partial charge in [-0.2, -0.15) is 0 Å². The van der Waals surface area contributed by atoms with E-state index in [9.17, 15) is 8.42 Å². The molecule has 0 unspecified atom stereocenters. The Bertz CT molecular complexity index is 648. The number of anilines is 1. The molecule has 0 heterocycles. The van der Waals surface area contributed by atoms with Gasteiger partial charge in [-0.05, 0) is 42.8 Å². The number of para-hydroxylation sites is 1. The van der Waals surface area contributed by atoms with Gasteiger partial charge in [0.25, 0.3) is 10.0 Å². The van der Waals surface area contributed by atoms with Crippen LogP contribution < -0.4 is 4.72 Å². The number of sulfonamides is 1. The van der Waals surface area contributed by atoms with Gasteiger partial charge in [0.2, 0.25) is 0 Å². The van der Waals surface area contributed by atoms with Gasteiger partial charge in [-0.3, -0.25) is 4.72 Å². The Hall–Kier alpha value is -2.01. The number of phenols is 1. The molecule has 0 aliphatic carbocycles. The zero-order chi connectivity index (χ0) is 13.2. The van der Waals surface area contributed by atoms with Gasteiger partial charge in [-0.1, -0.05) is 18.2 Å². The number of hydrogen-bond acceptors (Lipinski definition) is 3. The second-order valence-corrected chi connectivity index (χ2v) is 5.60. The van der Waals surface area contributed by atoms with Gasteiger partial charge in [0, 0.05) is 0 Å². The SMILES string of the molecule is Cc1ccccc1NS(=O)(=O)c1ccc(O)cc1. The minimum atomic E-state index is -3.61. The van der Waals surface area contributed by atoms with Crippen molar-refractivity contribution in [2.45, 2.75) is 11.8 Å². The highest BCUT2D eigenvalue weighted by atomic mass is 32.2. The maximum atomic E-state index is 12.1. The molecule has 0 radical (unpaired) electrons. The van der Waals surface area contributed by atoms with Crippen LogP contribution in [0.5, 0.6) is 5.75 Å². The summed E-state index contributed by atoms with van der Waals surface area (Å²) < 4.78 is 26.7. The standard InChI is InChI=1S/C13H13NO3S/c1-10-4-2-3-5-13(10)14-18(16,17)12-8-6-11(15)7-9-12/h2-9,14-15H,1H3. The number of aromatic hydroxyl groups is 1. The van der Waals surface area contributed by atoms with Crippen LogP contribution >= 0.6 is 0 Å². The van der Waals surface area contributed by atoms with Gasteiger partial charge >= 0.3 is 0 Å². The lowest BCUT2D eigenvalue weighted by molar-refractivity contribution is 0.475. The lowest BCUT2D eigenvalue weighted by Crippen LogP contribution is -2.13.